The zero-order valence-corrected chi connectivity index (χ0v) is 21.9. The Balaban J connectivity index is 1.45. The first-order valence-corrected chi connectivity index (χ1v) is 12.7. The van der Waals surface area contributed by atoms with Crippen LogP contribution in [-0.4, -0.2) is 15.0 Å². The second-order valence-corrected chi connectivity index (χ2v) is 8.83. The number of furan rings is 1. The smallest absolute Gasteiger partial charge is 0.164 e. The summed E-state index contributed by atoms with van der Waals surface area (Å²) in [5, 5.41) is -0.810. The van der Waals surface area contributed by atoms with Gasteiger partial charge in [-0.3, -0.25) is 0 Å². The van der Waals surface area contributed by atoms with Crippen molar-refractivity contribution in [1.29, 1.82) is 0 Å². The second kappa shape index (κ2) is 11.1. The van der Waals surface area contributed by atoms with E-state index in [9.17, 15) is 4.11 Å². The first-order chi connectivity index (χ1) is 32.2. The molecule has 0 saturated carbocycles. The van der Waals surface area contributed by atoms with Crippen LogP contribution in [0.15, 0.2) is 156 Å². The molecule has 0 fully saturated rings. The van der Waals surface area contributed by atoms with Gasteiger partial charge in [0, 0.05) is 28.8 Å². The van der Waals surface area contributed by atoms with Gasteiger partial charge in [0.15, 0.2) is 17.5 Å². The number of para-hydroxylation sites is 1. The molecule has 1 unspecified atom stereocenters. The van der Waals surface area contributed by atoms with Crippen LogP contribution in [0.1, 0.15) is 52.1 Å². The Bertz CT molecular complexity index is 3550. The minimum Gasteiger partial charge on any atom is -0.456 e. The summed E-state index contributed by atoms with van der Waals surface area (Å²) in [7, 11) is 0. The van der Waals surface area contributed by atoms with Crippen molar-refractivity contribution < 1.29 is 38.7 Å². The number of nitrogens with zero attached hydrogens (tertiary/aromatic N) is 3. The highest BCUT2D eigenvalue weighted by atomic mass is 16.3. The highest BCUT2D eigenvalue weighted by Crippen LogP contribution is 2.36. The Hall–Kier alpha value is -5.87. The van der Waals surface area contributed by atoms with E-state index in [4.69, 9.17) is 34.6 Å². The molecule has 208 valence electrons. The number of fused-ring (bicyclic) bond motifs is 3. The zero-order valence-electron chi connectivity index (χ0n) is 46.9. The van der Waals surface area contributed by atoms with Crippen LogP contribution in [0.2, 0.25) is 0 Å². The van der Waals surface area contributed by atoms with Crippen molar-refractivity contribution in [1.82, 2.24) is 15.0 Å². The normalized spacial score (nSPS) is 23.4. The molecule has 0 bridgehead atoms. The van der Waals surface area contributed by atoms with Crippen molar-refractivity contribution in [2.75, 3.05) is 0 Å². The third kappa shape index (κ3) is 4.83. The van der Waals surface area contributed by atoms with E-state index in [-0.39, 0.29) is 0 Å². The number of benzene rings is 5. The minimum absolute atomic E-state index is 0.402. The fourth-order valence-corrected chi connectivity index (χ4v) is 4.23. The lowest BCUT2D eigenvalue weighted by Gasteiger charge is -2.09. The molecule has 1 aliphatic rings. The third-order valence-corrected chi connectivity index (χ3v) is 6.20. The van der Waals surface area contributed by atoms with E-state index < -0.39 is 230 Å². The van der Waals surface area contributed by atoms with Crippen molar-refractivity contribution in [3.63, 3.8) is 0 Å². The number of aromatic nitrogens is 3. The molecule has 8 rings (SSSR count). The zero-order chi connectivity index (χ0) is 51.1. The molecule has 0 N–H and O–H groups in total. The van der Waals surface area contributed by atoms with Gasteiger partial charge in [-0.15, -0.1) is 0 Å². The molecule has 2 heterocycles. The molecule has 1 atom stereocenters. The lowest BCUT2D eigenvalue weighted by atomic mass is 10.00. The molecule has 0 spiro atoms. The van der Waals surface area contributed by atoms with Gasteiger partial charge < -0.3 is 4.42 Å². The molecule has 0 saturated heterocycles. The summed E-state index contributed by atoms with van der Waals surface area (Å²) in [6.07, 6.45) is -1.13. The van der Waals surface area contributed by atoms with Crippen LogP contribution < -0.4 is 0 Å². The van der Waals surface area contributed by atoms with Gasteiger partial charge in [-0.2, -0.15) is 0 Å². The largest absolute Gasteiger partial charge is 0.456 e. The third-order valence-electron chi connectivity index (χ3n) is 6.20. The molecule has 0 radical (unpaired) electrons. The SMILES string of the molecule is [2H]C1=C([2H])C(c2nc(-c3c([2H])c([2H])c([2H])c([2H])c3[2H])nc(-c3c([2H])c([2H])c([2H])c4oc5c([2H])c([2H])c([2H])c([2H])c5c34)n2)=C([2H])C([2H])C=C1c1c([2H])c([2H])c(-c2c([2H])c([2H])c([2H])c([2H])c2[2H])c([2H])c1[2H]. The highest BCUT2D eigenvalue weighted by Gasteiger charge is 2.18. The maximum atomic E-state index is 9.32. The molecule has 4 nitrogen and oxygen atoms in total. The van der Waals surface area contributed by atoms with Crippen LogP contribution in [0.25, 0.3) is 67.0 Å². The van der Waals surface area contributed by atoms with Gasteiger partial charge in [0.2, 0.25) is 0 Å². The Morgan fingerprint density at radius 3 is 1.95 bits per heavy atom. The maximum Gasteiger partial charge on any atom is 0.164 e. The standard InChI is InChI=1S/C40H27N3O/c1-3-11-27(12-4-1)29-21-23-30(24-22-29)28-15-9-16-32(26-25-28)39-41-38(31-13-5-2-6-14-31)42-40(43-39)34-18-10-20-36-37(34)33-17-7-8-19-35(33)44-36/h1-8,10-26H,9H2/i1D,2D,3D,4D,5D,6D,7D,8D,9D,10D,11D,12D,13D,14D,16D,17D,18D,19D,20D,21D,22D,23D,24D,25D,26D. The number of hydrogen-bond acceptors (Lipinski definition) is 4. The van der Waals surface area contributed by atoms with Crippen molar-refractivity contribution in [3.8, 4) is 33.9 Å². The molecule has 0 amide bonds. The molecule has 1 aliphatic carbocycles. The van der Waals surface area contributed by atoms with Crippen LogP contribution in [0.3, 0.4) is 0 Å². The first kappa shape index (κ1) is 10.7. The Kier molecular flexibility index (Phi) is 2.69. The molecular formula is C40H27N3O. The van der Waals surface area contributed by atoms with E-state index in [2.05, 4.69) is 15.0 Å². The summed E-state index contributed by atoms with van der Waals surface area (Å²) in [6.45, 7) is 0. The highest BCUT2D eigenvalue weighted by molar-refractivity contribution is 6.11. The van der Waals surface area contributed by atoms with E-state index in [1.54, 1.807) is 0 Å². The Labute approximate surface area is 290 Å². The van der Waals surface area contributed by atoms with Crippen LogP contribution >= 0.6 is 0 Å². The van der Waals surface area contributed by atoms with Crippen molar-refractivity contribution in [2.45, 2.75) is 6.40 Å². The molecular weight excluding hydrogens is 538 g/mol. The van der Waals surface area contributed by atoms with Crippen LogP contribution in [0.4, 0.5) is 0 Å². The van der Waals surface area contributed by atoms with E-state index in [1.165, 1.54) is 0 Å². The molecule has 5 aromatic carbocycles. The average molecular weight is 591 g/mol. The lowest BCUT2D eigenvalue weighted by molar-refractivity contribution is 0.669. The number of hydrogen-bond donors (Lipinski definition) is 0. The summed E-state index contributed by atoms with van der Waals surface area (Å²) in [5.41, 5.74) is -5.80. The van der Waals surface area contributed by atoms with E-state index in [1.807, 2.05) is 0 Å². The molecule has 2 aromatic heterocycles. The summed E-state index contributed by atoms with van der Waals surface area (Å²) < 4.78 is 222. The van der Waals surface area contributed by atoms with E-state index in [0.717, 1.165) is 6.08 Å². The van der Waals surface area contributed by atoms with Gasteiger partial charge in [0.05, 0.1) is 32.9 Å². The number of rotatable bonds is 5. The van der Waals surface area contributed by atoms with Crippen molar-refractivity contribution >= 4 is 33.1 Å². The fraction of sp³-hybridized carbons (Fsp3) is 0.0250. The van der Waals surface area contributed by atoms with Gasteiger partial charge in [-0.05, 0) is 40.7 Å². The quantitative estimate of drug-likeness (QED) is 0.200. The van der Waals surface area contributed by atoms with Gasteiger partial charge >= 0.3 is 0 Å². The van der Waals surface area contributed by atoms with Crippen molar-refractivity contribution in [2.24, 2.45) is 0 Å². The maximum absolute atomic E-state index is 9.32. The average Bonchev–Trinajstić information content (AvgIpc) is 3.69. The van der Waals surface area contributed by atoms with Crippen molar-refractivity contribution in [3.05, 3.63) is 163 Å². The van der Waals surface area contributed by atoms with Gasteiger partial charge in [-0.1, -0.05) is 139 Å². The summed E-state index contributed by atoms with van der Waals surface area (Å²) in [5.74, 6) is -2.40. The Morgan fingerprint density at radius 2 is 1.14 bits per heavy atom. The van der Waals surface area contributed by atoms with Crippen LogP contribution in [0, 0.1) is 0 Å². The summed E-state index contributed by atoms with van der Waals surface area (Å²) in [4.78, 5) is 13.0. The minimum atomic E-state index is -1.97. The van der Waals surface area contributed by atoms with Gasteiger partial charge in [-0.25, -0.2) is 15.0 Å². The monoisotopic (exact) mass is 590 g/mol. The molecule has 44 heavy (non-hydrogen) atoms. The molecule has 7 aromatic rings. The lowest BCUT2D eigenvalue weighted by Crippen LogP contribution is -2.02. The first-order valence-electron chi connectivity index (χ1n) is 25.2. The van der Waals surface area contributed by atoms with Crippen LogP contribution in [-0.2, 0) is 0 Å². The predicted octanol–water partition coefficient (Wildman–Crippen LogP) is 10.2. The second-order valence-electron chi connectivity index (χ2n) is 8.83. The predicted molar refractivity (Wildman–Crippen MR) is 180 cm³/mol. The molecule has 4 heteroatoms. The van der Waals surface area contributed by atoms with Crippen LogP contribution in [0.5, 0.6) is 0 Å². The number of allylic oxidation sites excluding steroid dienone is 6. The van der Waals surface area contributed by atoms with E-state index >= 15 is 0 Å². The van der Waals surface area contributed by atoms with Gasteiger partial charge in [0.25, 0.3) is 0 Å². The summed E-state index contributed by atoms with van der Waals surface area (Å²) >= 11 is 0. The fourth-order valence-electron chi connectivity index (χ4n) is 4.23. The Morgan fingerprint density at radius 1 is 0.523 bits per heavy atom. The van der Waals surface area contributed by atoms with Gasteiger partial charge in [0.1, 0.15) is 11.2 Å². The molecule has 0 aliphatic heterocycles. The van der Waals surface area contributed by atoms with E-state index in [0.29, 0.717) is 0 Å². The topological polar surface area (TPSA) is 51.8 Å². The summed E-state index contributed by atoms with van der Waals surface area (Å²) in [6, 6.07) is -20.4.